The van der Waals surface area contributed by atoms with Crippen LogP contribution in [0.3, 0.4) is 0 Å². The summed E-state index contributed by atoms with van der Waals surface area (Å²) in [6, 6.07) is 6.45. The van der Waals surface area contributed by atoms with Crippen LogP contribution in [0, 0.1) is 0 Å². The second kappa shape index (κ2) is 7.83. The number of hydrogen-bond donors (Lipinski definition) is 1. The van der Waals surface area contributed by atoms with Crippen molar-refractivity contribution in [2.45, 2.75) is 25.4 Å². The van der Waals surface area contributed by atoms with Gasteiger partial charge in [-0.1, -0.05) is 15.9 Å². The molecule has 2 aliphatic rings. The average molecular weight is 460 g/mol. The van der Waals surface area contributed by atoms with E-state index in [4.69, 9.17) is 9.40 Å². The number of rotatable bonds is 3. The van der Waals surface area contributed by atoms with Crippen molar-refractivity contribution in [3.63, 3.8) is 0 Å². The molecule has 2 aromatic heterocycles. The number of aromatic nitrogens is 2. The van der Waals surface area contributed by atoms with E-state index < -0.39 is 0 Å². The first-order chi connectivity index (χ1) is 14.1. The number of hydrogen-bond acceptors (Lipinski definition) is 6. The number of furan rings is 1. The zero-order valence-electron chi connectivity index (χ0n) is 16.7. The summed E-state index contributed by atoms with van der Waals surface area (Å²) in [6.45, 7) is 7.24. The van der Waals surface area contributed by atoms with E-state index in [1.54, 1.807) is 0 Å². The van der Waals surface area contributed by atoms with Crippen molar-refractivity contribution in [2.75, 3.05) is 46.3 Å². The third kappa shape index (κ3) is 3.86. The van der Waals surface area contributed by atoms with Gasteiger partial charge in [-0.05, 0) is 51.2 Å². The minimum Gasteiger partial charge on any atom is -0.449 e. The summed E-state index contributed by atoms with van der Waals surface area (Å²) in [5, 5.41) is 0.869. The summed E-state index contributed by atoms with van der Waals surface area (Å²) >= 11 is 3.49. The molecule has 4 heterocycles. The first-order valence-electron chi connectivity index (χ1n) is 10.3. The minimum atomic E-state index is -0.206. The predicted octanol–water partition coefficient (Wildman–Crippen LogP) is 2.64. The summed E-state index contributed by atoms with van der Waals surface area (Å²) in [5.41, 5.74) is 1.42. The van der Waals surface area contributed by atoms with Crippen LogP contribution >= 0.6 is 15.9 Å². The van der Waals surface area contributed by atoms with E-state index in [2.05, 4.69) is 42.7 Å². The molecular formula is C21H26BrN5O2. The Bertz CT molecular complexity index is 1080. The lowest BCUT2D eigenvalue weighted by Gasteiger charge is -2.42. The van der Waals surface area contributed by atoms with Crippen molar-refractivity contribution in [1.29, 1.82) is 0 Å². The number of nitrogens with zero attached hydrogens (tertiary/aromatic N) is 4. The maximum absolute atomic E-state index is 12.5. The second-order valence-electron chi connectivity index (χ2n) is 8.28. The highest BCUT2D eigenvalue weighted by molar-refractivity contribution is 9.10. The van der Waals surface area contributed by atoms with Gasteiger partial charge in [-0.25, -0.2) is 4.98 Å². The molecule has 0 bridgehead atoms. The largest absolute Gasteiger partial charge is 0.449 e. The van der Waals surface area contributed by atoms with Gasteiger partial charge in [0, 0.05) is 42.1 Å². The zero-order valence-corrected chi connectivity index (χ0v) is 18.2. The van der Waals surface area contributed by atoms with Crippen LogP contribution in [0.5, 0.6) is 0 Å². The topological polar surface area (TPSA) is 68.6 Å². The summed E-state index contributed by atoms with van der Waals surface area (Å²) in [4.78, 5) is 27.7. The Morgan fingerprint density at radius 3 is 2.69 bits per heavy atom. The third-order valence-corrected chi connectivity index (χ3v) is 6.81. The molecule has 0 radical (unpaired) electrons. The minimum absolute atomic E-state index is 0.206. The molecule has 0 spiro atoms. The molecule has 1 N–H and O–H groups in total. The van der Waals surface area contributed by atoms with Gasteiger partial charge in [0.15, 0.2) is 0 Å². The van der Waals surface area contributed by atoms with E-state index >= 15 is 0 Å². The van der Waals surface area contributed by atoms with Crippen LogP contribution in [0.15, 0.2) is 31.9 Å². The van der Waals surface area contributed by atoms with Crippen molar-refractivity contribution in [1.82, 2.24) is 24.7 Å². The average Bonchev–Trinajstić information content (AvgIpc) is 3.08. The molecule has 5 rings (SSSR count). The summed E-state index contributed by atoms with van der Waals surface area (Å²) in [7, 11) is 2.21. The van der Waals surface area contributed by atoms with Gasteiger partial charge in [0.2, 0.25) is 5.58 Å². The number of aromatic amines is 1. The number of piperazine rings is 1. The Morgan fingerprint density at radius 2 is 1.93 bits per heavy atom. The van der Waals surface area contributed by atoms with E-state index in [1.807, 2.05) is 18.2 Å². The van der Waals surface area contributed by atoms with E-state index in [-0.39, 0.29) is 5.56 Å². The maximum atomic E-state index is 12.5. The van der Waals surface area contributed by atoms with Crippen LogP contribution in [0.1, 0.15) is 18.7 Å². The SMILES string of the molecule is CN1CCC(N2CCN(Cc3nc4c(oc5ccc(Br)cc54)c(=O)[nH]3)CC2)CC1. The lowest BCUT2D eigenvalue weighted by molar-refractivity contribution is 0.0609. The highest BCUT2D eigenvalue weighted by Gasteiger charge is 2.26. The van der Waals surface area contributed by atoms with Crippen LogP contribution in [0.2, 0.25) is 0 Å². The standard InChI is InChI=1S/C21H26BrN5O2/c1-25-6-4-15(5-7-25)27-10-8-26(9-11-27)13-18-23-19-16-12-14(22)2-3-17(16)29-20(19)21(28)24-18/h2-3,12,15H,4-11,13H2,1H3,(H,23,24,28). The van der Waals surface area contributed by atoms with Gasteiger partial charge < -0.3 is 14.3 Å². The number of benzene rings is 1. The highest BCUT2D eigenvalue weighted by Crippen LogP contribution is 2.28. The number of H-pyrrole nitrogens is 1. The quantitative estimate of drug-likeness (QED) is 0.649. The van der Waals surface area contributed by atoms with E-state index in [0.717, 1.165) is 42.1 Å². The molecule has 0 aliphatic carbocycles. The van der Waals surface area contributed by atoms with Gasteiger partial charge >= 0.3 is 0 Å². The lowest BCUT2D eigenvalue weighted by Crippen LogP contribution is -2.52. The molecular weight excluding hydrogens is 434 g/mol. The molecule has 3 aromatic rings. The number of likely N-dealkylation sites (tertiary alicyclic amines) is 1. The third-order valence-electron chi connectivity index (χ3n) is 6.32. The molecule has 2 fully saturated rings. The van der Waals surface area contributed by atoms with Crippen LogP contribution in [0.25, 0.3) is 22.1 Å². The Kier molecular flexibility index (Phi) is 5.19. The lowest BCUT2D eigenvalue weighted by atomic mass is 10.0. The highest BCUT2D eigenvalue weighted by atomic mass is 79.9. The zero-order chi connectivity index (χ0) is 20.0. The van der Waals surface area contributed by atoms with Gasteiger partial charge in [-0.15, -0.1) is 0 Å². The fourth-order valence-corrected chi connectivity index (χ4v) is 4.97. The molecule has 2 saturated heterocycles. The fourth-order valence-electron chi connectivity index (χ4n) is 4.61. The van der Waals surface area contributed by atoms with Gasteiger partial charge in [0.1, 0.15) is 16.9 Å². The van der Waals surface area contributed by atoms with E-state index in [0.29, 0.717) is 29.1 Å². The van der Waals surface area contributed by atoms with Crippen molar-refractivity contribution in [3.05, 3.63) is 38.9 Å². The predicted molar refractivity (Wildman–Crippen MR) is 117 cm³/mol. The molecule has 8 heteroatoms. The normalized spacial score (nSPS) is 20.8. The molecule has 29 heavy (non-hydrogen) atoms. The van der Waals surface area contributed by atoms with Crippen LogP contribution in [-0.4, -0.2) is 77.0 Å². The van der Waals surface area contributed by atoms with Crippen molar-refractivity contribution >= 4 is 38.0 Å². The Hall–Kier alpha value is -1.74. The summed E-state index contributed by atoms with van der Waals surface area (Å²) < 4.78 is 6.67. The van der Waals surface area contributed by atoms with Crippen molar-refractivity contribution in [2.24, 2.45) is 0 Å². The molecule has 2 aliphatic heterocycles. The number of fused-ring (bicyclic) bond motifs is 3. The number of halogens is 1. The molecule has 0 atom stereocenters. The Labute approximate surface area is 177 Å². The van der Waals surface area contributed by atoms with Gasteiger partial charge in [-0.2, -0.15) is 0 Å². The van der Waals surface area contributed by atoms with E-state index in [9.17, 15) is 4.79 Å². The van der Waals surface area contributed by atoms with Crippen molar-refractivity contribution < 1.29 is 4.42 Å². The fraction of sp³-hybridized carbons (Fsp3) is 0.524. The smallest absolute Gasteiger partial charge is 0.294 e. The summed E-state index contributed by atoms with van der Waals surface area (Å²) in [5.74, 6) is 0.706. The van der Waals surface area contributed by atoms with Crippen LogP contribution in [-0.2, 0) is 6.54 Å². The first kappa shape index (κ1) is 19.2. The van der Waals surface area contributed by atoms with Gasteiger partial charge in [0.05, 0.1) is 6.54 Å². The van der Waals surface area contributed by atoms with Crippen LogP contribution in [0.4, 0.5) is 0 Å². The molecule has 0 unspecified atom stereocenters. The molecule has 1 aromatic carbocycles. The van der Waals surface area contributed by atoms with E-state index in [1.165, 1.54) is 25.9 Å². The molecule has 154 valence electrons. The Morgan fingerprint density at radius 1 is 1.17 bits per heavy atom. The first-order valence-corrected chi connectivity index (χ1v) is 11.1. The monoisotopic (exact) mass is 459 g/mol. The summed E-state index contributed by atoms with van der Waals surface area (Å²) in [6.07, 6.45) is 2.54. The molecule has 0 amide bonds. The molecule has 0 saturated carbocycles. The van der Waals surface area contributed by atoms with Crippen molar-refractivity contribution in [3.8, 4) is 0 Å². The number of nitrogens with one attached hydrogen (secondary N) is 1. The van der Waals surface area contributed by atoms with Gasteiger partial charge in [0.25, 0.3) is 5.56 Å². The second-order valence-corrected chi connectivity index (χ2v) is 9.20. The van der Waals surface area contributed by atoms with Crippen LogP contribution < -0.4 is 5.56 Å². The molecule has 7 nitrogen and oxygen atoms in total. The maximum Gasteiger partial charge on any atom is 0.294 e. The number of piperidine rings is 1. The Balaban J connectivity index is 1.30. The van der Waals surface area contributed by atoms with Gasteiger partial charge in [-0.3, -0.25) is 14.6 Å².